The second-order valence-corrected chi connectivity index (χ2v) is 4.35. The fraction of sp³-hybridized carbons (Fsp3) is 0.250. The first kappa shape index (κ1) is 19.6. The molecule has 0 heterocycles. The predicted molar refractivity (Wildman–Crippen MR) is 93.9 cm³/mol. The van der Waals surface area contributed by atoms with Gasteiger partial charge in [0.25, 0.3) is 0 Å². The highest BCUT2D eigenvalue weighted by Gasteiger charge is 1.96. The minimum Gasteiger partial charge on any atom is -0.494 e. The van der Waals surface area contributed by atoms with E-state index in [9.17, 15) is 0 Å². The van der Waals surface area contributed by atoms with Gasteiger partial charge in [-0.3, -0.25) is 0 Å². The van der Waals surface area contributed by atoms with Crippen molar-refractivity contribution >= 4 is 30.5 Å². The molecule has 0 amide bonds. The van der Waals surface area contributed by atoms with Gasteiger partial charge >= 0.3 is 0 Å². The first-order valence-corrected chi connectivity index (χ1v) is 6.59. The largest absolute Gasteiger partial charge is 0.494 e. The normalized spacial score (nSPS) is 9.19. The zero-order chi connectivity index (χ0) is 13.3. The van der Waals surface area contributed by atoms with Crippen LogP contribution in [-0.4, -0.2) is 13.2 Å². The van der Waals surface area contributed by atoms with Crippen LogP contribution in [0.4, 0.5) is 5.69 Å². The molecular formula is C16H22Cl2N2O. The number of benzene rings is 2. The molecule has 0 unspecified atom stereocenters. The van der Waals surface area contributed by atoms with Crippen molar-refractivity contribution in [3.8, 4) is 5.75 Å². The number of halogens is 2. The standard InChI is InChI=1S/C16H20N2O.2ClH/c17-11-4-12-19-16-9-7-15(8-10-16)18-13-14-5-2-1-3-6-14;;/h1-3,5-10,18H,4,11-13,17H2;2*1H. The zero-order valence-corrected chi connectivity index (χ0v) is 13.5. The Balaban J connectivity index is 0.00000200. The summed E-state index contributed by atoms with van der Waals surface area (Å²) in [6, 6.07) is 18.3. The number of nitrogens with two attached hydrogens (primary N) is 1. The molecule has 0 aromatic heterocycles. The van der Waals surface area contributed by atoms with Gasteiger partial charge in [-0.25, -0.2) is 0 Å². The molecule has 116 valence electrons. The first-order valence-electron chi connectivity index (χ1n) is 6.59. The molecule has 0 aliphatic heterocycles. The predicted octanol–water partition coefficient (Wildman–Crippen LogP) is 3.87. The number of anilines is 1. The Morgan fingerprint density at radius 3 is 2.19 bits per heavy atom. The van der Waals surface area contributed by atoms with Gasteiger partial charge < -0.3 is 15.8 Å². The number of hydrogen-bond donors (Lipinski definition) is 2. The third kappa shape index (κ3) is 7.23. The van der Waals surface area contributed by atoms with Gasteiger partial charge in [-0.2, -0.15) is 0 Å². The third-order valence-corrected chi connectivity index (χ3v) is 2.81. The van der Waals surface area contributed by atoms with Gasteiger partial charge in [0.1, 0.15) is 5.75 Å². The molecule has 5 heteroatoms. The number of nitrogens with one attached hydrogen (secondary N) is 1. The monoisotopic (exact) mass is 328 g/mol. The molecule has 0 radical (unpaired) electrons. The van der Waals surface area contributed by atoms with Gasteiger partial charge in [-0.1, -0.05) is 30.3 Å². The van der Waals surface area contributed by atoms with Gasteiger partial charge in [0.05, 0.1) is 6.61 Å². The second-order valence-electron chi connectivity index (χ2n) is 4.35. The van der Waals surface area contributed by atoms with E-state index in [0.29, 0.717) is 13.2 Å². The van der Waals surface area contributed by atoms with E-state index >= 15 is 0 Å². The fourth-order valence-electron chi connectivity index (χ4n) is 1.74. The van der Waals surface area contributed by atoms with Crippen LogP contribution in [-0.2, 0) is 6.54 Å². The highest BCUT2D eigenvalue weighted by molar-refractivity contribution is 5.85. The smallest absolute Gasteiger partial charge is 0.119 e. The van der Waals surface area contributed by atoms with Crippen molar-refractivity contribution in [2.24, 2.45) is 5.73 Å². The Hall–Kier alpha value is -1.42. The minimum atomic E-state index is 0. The molecule has 2 rings (SSSR count). The van der Waals surface area contributed by atoms with Crippen molar-refractivity contribution in [2.45, 2.75) is 13.0 Å². The van der Waals surface area contributed by atoms with E-state index in [4.69, 9.17) is 10.5 Å². The van der Waals surface area contributed by atoms with Crippen LogP contribution in [0.2, 0.25) is 0 Å². The van der Waals surface area contributed by atoms with Gasteiger partial charge in [0.2, 0.25) is 0 Å². The van der Waals surface area contributed by atoms with E-state index < -0.39 is 0 Å². The summed E-state index contributed by atoms with van der Waals surface area (Å²) in [4.78, 5) is 0. The molecule has 0 fully saturated rings. The van der Waals surface area contributed by atoms with Crippen LogP contribution in [0, 0.1) is 0 Å². The minimum absolute atomic E-state index is 0. The summed E-state index contributed by atoms with van der Waals surface area (Å²) in [7, 11) is 0. The van der Waals surface area contributed by atoms with E-state index in [1.54, 1.807) is 0 Å². The molecule has 2 aromatic rings. The fourth-order valence-corrected chi connectivity index (χ4v) is 1.74. The molecule has 0 bridgehead atoms. The number of hydrogen-bond acceptors (Lipinski definition) is 3. The van der Waals surface area contributed by atoms with Crippen molar-refractivity contribution in [3.63, 3.8) is 0 Å². The van der Waals surface area contributed by atoms with Gasteiger partial charge in [-0.15, -0.1) is 24.8 Å². The van der Waals surface area contributed by atoms with Crippen LogP contribution in [0.5, 0.6) is 5.75 Å². The summed E-state index contributed by atoms with van der Waals surface area (Å²) in [5.41, 5.74) is 7.78. The van der Waals surface area contributed by atoms with Crippen LogP contribution in [0.15, 0.2) is 54.6 Å². The lowest BCUT2D eigenvalue weighted by molar-refractivity contribution is 0.313. The molecule has 0 atom stereocenters. The van der Waals surface area contributed by atoms with Crippen LogP contribution < -0.4 is 15.8 Å². The van der Waals surface area contributed by atoms with Crippen molar-refractivity contribution in [2.75, 3.05) is 18.5 Å². The number of rotatable bonds is 7. The quantitative estimate of drug-likeness (QED) is 0.758. The van der Waals surface area contributed by atoms with Crippen molar-refractivity contribution in [1.29, 1.82) is 0 Å². The molecule has 3 N–H and O–H groups in total. The zero-order valence-electron chi connectivity index (χ0n) is 11.8. The lowest BCUT2D eigenvalue weighted by atomic mass is 10.2. The van der Waals surface area contributed by atoms with Crippen LogP contribution in [0.3, 0.4) is 0 Å². The summed E-state index contributed by atoms with van der Waals surface area (Å²) in [6.45, 7) is 2.16. The Labute approximate surface area is 138 Å². The summed E-state index contributed by atoms with van der Waals surface area (Å²) in [5, 5.41) is 3.38. The highest BCUT2D eigenvalue weighted by atomic mass is 35.5. The van der Waals surface area contributed by atoms with E-state index in [1.807, 2.05) is 42.5 Å². The second kappa shape index (κ2) is 11.3. The topological polar surface area (TPSA) is 47.3 Å². The maximum atomic E-state index is 5.56. The van der Waals surface area contributed by atoms with Crippen LogP contribution in [0.25, 0.3) is 0 Å². The molecule has 2 aromatic carbocycles. The highest BCUT2D eigenvalue weighted by Crippen LogP contribution is 2.16. The Bertz CT molecular complexity index is 477. The number of ether oxygens (including phenoxy) is 1. The molecule has 0 spiro atoms. The summed E-state index contributed by atoms with van der Waals surface area (Å²) in [6.07, 6.45) is 0.883. The summed E-state index contributed by atoms with van der Waals surface area (Å²) in [5.74, 6) is 0.888. The maximum absolute atomic E-state index is 5.56. The molecule has 21 heavy (non-hydrogen) atoms. The van der Waals surface area contributed by atoms with Crippen molar-refractivity contribution in [1.82, 2.24) is 0 Å². The van der Waals surface area contributed by atoms with E-state index in [2.05, 4.69) is 17.4 Å². The van der Waals surface area contributed by atoms with E-state index in [1.165, 1.54) is 5.56 Å². The molecule has 0 saturated carbocycles. The average molecular weight is 329 g/mol. The summed E-state index contributed by atoms with van der Waals surface area (Å²) < 4.78 is 5.56. The molecule has 0 saturated heterocycles. The van der Waals surface area contributed by atoms with E-state index in [0.717, 1.165) is 24.4 Å². The van der Waals surface area contributed by atoms with Crippen molar-refractivity contribution in [3.05, 3.63) is 60.2 Å². The molecular weight excluding hydrogens is 307 g/mol. The van der Waals surface area contributed by atoms with Gasteiger partial charge in [0.15, 0.2) is 0 Å². The van der Waals surface area contributed by atoms with Crippen LogP contribution >= 0.6 is 24.8 Å². The van der Waals surface area contributed by atoms with Gasteiger partial charge in [0, 0.05) is 12.2 Å². The first-order chi connectivity index (χ1) is 9.38. The van der Waals surface area contributed by atoms with Gasteiger partial charge in [-0.05, 0) is 42.8 Å². The van der Waals surface area contributed by atoms with Crippen LogP contribution in [0.1, 0.15) is 12.0 Å². The molecule has 3 nitrogen and oxygen atoms in total. The van der Waals surface area contributed by atoms with Crippen molar-refractivity contribution < 1.29 is 4.74 Å². The third-order valence-electron chi connectivity index (χ3n) is 2.81. The lowest BCUT2D eigenvalue weighted by Crippen LogP contribution is -2.06. The average Bonchev–Trinajstić information content (AvgIpc) is 2.48. The Morgan fingerprint density at radius 2 is 1.57 bits per heavy atom. The molecule has 0 aliphatic rings. The van der Waals surface area contributed by atoms with E-state index in [-0.39, 0.29) is 24.8 Å². The molecule has 0 aliphatic carbocycles. The lowest BCUT2D eigenvalue weighted by Gasteiger charge is -2.08. The maximum Gasteiger partial charge on any atom is 0.119 e. The summed E-state index contributed by atoms with van der Waals surface area (Å²) >= 11 is 0. The Morgan fingerprint density at radius 1 is 0.905 bits per heavy atom. The SMILES string of the molecule is Cl.Cl.NCCCOc1ccc(NCc2ccccc2)cc1. The Kier molecular flexibility index (Phi) is 10.5.